The zero-order valence-corrected chi connectivity index (χ0v) is 15.7. The van der Waals surface area contributed by atoms with Crippen molar-refractivity contribution in [3.63, 3.8) is 0 Å². The number of methoxy groups -OCH3 is 1. The second-order valence-electron chi connectivity index (χ2n) is 5.41. The van der Waals surface area contributed by atoms with Crippen LogP contribution in [0.5, 0.6) is 5.75 Å². The summed E-state index contributed by atoms with van der Waals surface area (Å²) in [5.41, 5.74) is 0.863. The lowest BCUT2D eigenvalue weighted by molar-refractivity contribution is 0.414. The van der Waals surface area contributed by atoms with Crippen molar-refractivity contribution in [1.82, 2.24) is 4.57 Å². The number of benzene rings is 2. The molecule has 0 aliphatic heterocycles. The molecule has 1 aromatic heterocycles. The Kier molecular flexibility index (Phi) is 5.42. The Hall–Kier alpha value is -3.32. The SMILES string of the molecule is COc1cccc(/C=c2/sc(=C(C#N)C#N)n(-c3ccc(Cl)cc3)c2=O)c1. The van der Waals surface area contributed by atoms with Crippen LogP contribution in [-0.2, 0) is 0 Å². The van der Waals surface area contributed by atoms with Crippen molar-refractivity contribution in [2.24, 2.45) is 0 Å². The van der Waals surface area contributed by atoms with E-state index in [1.54, 1.807) is 49.6 Å². The second-order valence-corrected chi connectivity index (χ2v) is 6.88. The molecule has 0 radical (unpaired) electrons. The fourth-order valence-electron chi connectivity index (χ4n) is 2.48. The van der Waals surface area contributed by atoms with E-state index >= 15 is 0 Å². The lowest BCUT2D eigenvalue weighted by Gasteiger charge is -2.02. The van der Waals surface area contributed by atoms with Crippen molar-refractivity contribution in [3.05, 3.63) is 78.7 Å². The average Bonchev–Trinajstić information content (AvgIpc) is 3.00. The molecule has 0 N–H and O–H groups in total. The molecule has 0 fully saturated rings. The molecule has 3 aromatic rings. The Morgan fingerprint density at radius 2 is 1.89 bits per heavy atom. The summed E-state index contributed by atoms with van der Waals surface area (Å²) in [5.74, 6) is 0.667. The van der Waals surface area contributed by atoms with E-state index in [0.29, 0.717) is 21.0 Å². The molecule has 3 rings (SSSR count). The molecule has 0 saturated heterocycles. The van der Waals surface area contributed by atoms with E-state index in [9.17, 15) is 15.3 Å². The lowest BCUT2D eigenvalue weighted by atomic mass is 10.2. The molecule has 0 unspecified atom stereocenters. The molecule has 0 aliphatic rings. The van der Waals surface area contributed by atoms with Crippen LogP contribution in [0, 0.1) is 22.7 Å². The molecule has 0 atom stereocenters. The largest absolute Gasteiger partial charge is 0.497 e. The molecule has 0 spiro atoms. The number of rotatable bonds is 3. The van der Waals surface area contributed by atoms with Gasteiger partial charge in [-0.3, -0.25) is 9.36 Å². The van der Waals surface area contributed by atoms with Crippen LogP contribution in [0.4, 0.5) is 0 Å². The van der Waals surface area contributed by atoms with E-state index in [-0.39, 0.29) is 15.8 Å². The molecule has 132 valence electrons. The third-order valence-electron chi connectivity index (χ3n) is 3.74. The van der Waals surface area contributed by atoms with Crippen LogP contribution in [-0.4, -0.2) is 11.7 Å². The smallest absolute Gasteiger partial charge is 0.273 e. The van der Waals surface area contributed by atoms with Crippen molar-refractivity contribution in [2.75, 3.05) is 7.11 Å². The Morgan fingerprint density at radius 1 is 1.19 bits per heavy atom. The van der Waals surface area contributed by atoms with E-state index in [2.05, 4.69) is 0 Å². The highest BCUT2D eigenvalue weighted by atomic mass is 35.5. The van der Waals surface area contributed by atoms with Gasteiger partial charge in [0.05, 0.1) is 17.3 Å². The van der Waals surface area contributed by atoms with Gasteiger partial charge in [0.1, 0.15) is 22.6 Å². The van der Waals surface area contributed by atoms with E-state index in [0.717, 1.165) is 16.9 Å². The van der Waals surface area contributed by atoms with E-state index in [1.807, 2.05) is 24.3 Å². The molecule has 0 amide bonds. The van der Waals surface area contributed by atoms with Gasteiger partial charge in [0.25, 0.3) is 5.56 Å². The van der Waals surface area contributed by atoms with Crippen molar-refractivity contribution in [2.45, 2.75) is 0 Å². The normalized spacial score (nSPS) is 10.9. The minimum absolute atomic E-state index is 0.127. The van der Waals surface area contributed by atoms with Crippen LogP contribution in [0.15, 0.2) is 53.3 Å². The highest BCUT2D eigenvalue weighted by molar-refractivity contribution is 7.07. The minimum Gasteiger partial charge on any atom is -0.497 e. The summed E-state index contributed by atoms with van der Waals surface area (Å²) in [4.78, 5) is 13.0. The second kappa shape index (κ2) is 7.92. The Morgan fingerprint density at radius 3 is 2.52 bits per heavy atom. The summed E-state index contributed by atoms with van der Waals surface area (Å²) in [6.45, 7) is 0. The van der Waals surface area contributed by atoms with Crippen LogP contribution in [0.2, 0.25) is 5.02 Å². The zero-order valence-electron chi connectivity index (χ0n) is 14.1. The van der Waals surface area contributed by atoms with Gasteiger partial charge in [-0.25, -0.2) is 0 Å². The third-order valence-corrected chi connectivity index (χ3v) is 5.08. The Labute approximate surface area is 163 Å². The Bertz CT molecular complexity index is 1240. The van der Waals surface area contributed by atoms with E-state index in [4.69, 9.17) is 16.3 Å². The molecule has 27 heavy (non-hydrogen) atoms. The molecule has 7 heteroatoms. The fourth-order valence-corrected chi connectivity index (χ4v) is 3.66. The highest BCUT2D eigenvalue weighted by Gasteiger charge is 2.11. The Balaban J connectivity index is 2.35. The van der Waals surface area contributed by atoms with Crippen LogP contribution in [0.1, 0.15) is 5.56 Å². The number of hydrogen-bond donors (Lipinski definition) is 0. The standard InChI is InChI=1S/C20H12ClN3O2S/c1-26-17-4-2-3-13(9-17)10-18-19(25)24(16-7-5-15(21)6-8-16)20(27-18)14(11-22)12-23/h2-10H,1H3/b18-10+. The van der Waals surface area contributed by atoms with Gasteiger partial charge in [-0.2, -0.15) is 10.5 Å². The summed E-state index contributed by atoms with van der Waals surface area (Å²) in [6, 6.07) is 17.6. The molecule has 0 bridgehead atoms. The molecule has 2 aromatic carbocycles. The average molecular weight is 394 g/mol. The quantitative estimate of drug-likeness (QED) is 0.685. The van der Waals surface area contributed by atoms with Crippen molar-refractivity contribution >= 4 is 34.6 Å². The van der Waals surface area contributed by atoms with Gasteiger partial charge in [-0.05, 0) is 48.0 Å². The van der Waals surface area contributed by atoms with Gasteiger partial charge < -0.3 is 4.74 Å². The van der Waals surface area contributed by atoms with Crippen molar-refractivity contribution < 1.29 is 4.74 Å². The van der Waals surface area contributed by atoms with E-state index < -0.39 is 0 Å². The van der Waals surface area contributed by atoms with Crippen LogP contribution >= 0.6 is 22.9 Å². The molecular weight excluding hydrogens is 382 g/mol. The van der Waals surface area contributed by atoms with Gasteiger partial charge in [0.2, 0.25) is 0 Å². The molecule has 1 heterocycles. The first-order chi connectivity index (χ1) is 13.1. The summed E-state index contributed by atoms with van der Waals surface area (Å²) in [6.07, 6.45) is 1.71. The summed E-state index contributed by atoms with van der Waals surface area (Å²) < 4.78 is 7.24. The maximum atomic E-state index is 13.0. The summed E-state index contributed by atoms with van der Waals surface area (Å²) in [5, 5.41) is 19.1. The van der Waals surface area contributed by atoms with Crippen LogP contribution < -0.4 is 19.5 Å². The molecule has 5 nitrogen and oxygen atoms in total. The first kappa shape index (κ1) is 18.5. The topological polar surface area (TPSA) is 78.8 Å². The predicted octanol–water partition coefficient (Wildman–Crippen LogP) is 2.59. The zero-order chi connectivity index (χ0) is 19.4. The number of thiazole rings is 1. The van der Waals surface area contributed by atoms with Crippen LogP contribution in [0.25, 0.3) is 17.3 Å². The van der Waals surface area contributed by atoms with Gasteiger partial charge >= 0.3 is 0 Å². The minimum atomic E-state index is -0.317. The first-order valence-corrected chi connectivity index (χ1v) is 8.95. The van der Waals surface area contributed by atoms with Gasteiger partial charge in [-0.1, -0.05) is 23.7 Å². The maximum Gasteiger partial charge on any atom is 0.273 e. The van der Waals surface area contributed by atoms with Gasteiger partial charge in [0, 0.05) is 5.02 Å². The van der Waals surface area contributed by atoms with Gasteiger partial charge in [-0.15, -0.1) is 11.3 Å². The predicted molar refractivity (Wildman–Crippen MR) is 105 cm³/mol. The van der Waals surface area contributed by atoms with Crippen LogP contribution in [0.3, 0.4) is 0 Å². The lowest BCUT2D eigenvalue weighted by Crippen LogP contribution is -2.30. The molecular formula is C20H12ClN3O2S. The summed E-state index contributed by atoms with van der Waals surface area (Å²) >= 11 is 7.01. The number of halogens is 1. The maximum absolute atomic E-state index is 13.0. The number of hydrogen-bond acceptors (Lipinski definition) is 5. The van der Waals surface area contributed by atoms with Crippen molar-refractivity contribution in [1.29, 1.82) is 10.5 Å². The highest BCUT2D eigenvalue weighted by Crippen LogP contribution is 2.13. The van der Waals surface area contributed by atoms with Crippen molar-refractivity contribution in [3.8, 4) is 23.6 Å². The monoisotopic (exact) mass is 393 g/mol. The number of aromatic nitrogens is 1. The van der Waals surface area contributed by atoms with Gasteiger partial charge in [0.15, 0.2) is 5.57 Å². The molecule has 0 aliphatic carbocycles. The number of ether oxygens (including phenoxy) is 1. The molecule has 0 saturated carbocycles. The number of nitrogens with zero attached hydrogens (tertiary/aromatic N) is 3. The number of nitriles is 2. The third kappa shape index (κ3) is 3.78. The fraction of sp³-hybridized carbons (Fsp3) is 0.0500. The van der Waals surface area contributed by atoms with E-state index in [1.165, 1.54) is 4.57 Å². The first-order valence-electron chi connectivity index (χ1n) is 7.75. The summed E-state index contributed by atoms with van der Waals surface area (Å²) in [7, 11) is 1.57.